The Morgan fingerprint density at radius 1 is 1.23 bits per heavy atom. The van der Waals surface area contributed by atoms with Crippen molar-refractivity contribution in [2.24, 2.45) is 0 Å². The van der Waals surface area contributed by atoms with Gasteiger partial charge in [-0.05, 0) is 60.7 Å². The Balaban J connectivity index is 1.70. The molecule has 22 heavy (non-hydrogen) atoms. The van der Waals surface area contributed by atoms with Gasteiger partial charge in [0.2, 0.25) is 0 Å². The molecular weight excluding hydrogens is 282 g/mol. The van der Waals surface area contributed by atoms with Crippen LogP contribution >= 0.6 is 0 Å². The van der Waals surface area contributed by atoms with Crippen molar-refractivity contribution in [2.75, 3.05) is 0 Å². The van der Waals surface area contributed by atoms with Crippen LogP contribution in [0.5, 0.6) is 0 Å². The van der Waals surface area contributed by atoms with E-state index < -0.39 is 0 Å². The molecule has 3 aromatic rings. The number of nitrogens with one attached hydrogen (secondary N) is 1. The number of furan rings is 1. The Hall–Kier alpha value is -2.96. The number of nitrogens with zero attached hydrogens (tertiary/aromatic N) is 4. The number of aryl methyl sites for hydroxylation is 1. The molecule has 0 spiro atoms. The third-order valence-electron chi connectivity index (χ3n) is 3.28. The summed E-state index contributed by atoms with van der Waals surface area (Å²) in [4.78, 5) is 12.2. The van der Waals surface area contributed by atoms with Gasteiger partial charge in [-0.2, -0.15) is 0 Å². The fraction of sp³-hybridized carbons (Fsp3) is 0.200. The predicted molar refractivity (Wildman–Crippen MR) is 78.5 cm³/mol. The van der Waals surface area contributed by atoms with Crippen molar-refractivity contribution < 1.29 is 9.21 Å². The van der Waals surface area contributed by atoms with Gasteiger partial charge in [0, 0.05) is 5.56 Å². The molecule has 2 aromatic heterocycles. The number of hydrogen-bond donors (Lipinski definition) is 1. The molecule has 0 saturated carbocycles. The monoisotopic (exact) mass is 297 g/mol. The zero-order chi connectivity index (χ0) is 15.5. The highest BCUT2D eigenvalue weighted by molar-refractivity contribution is 5.94. The molecule has 0 radical (unpaired) electrons. The van der Waals surface area contributed by atoms with Crippen LogP contribution in [-0.2, 0) is 0 Å². The van der Waals surface area contributed by atoms with Crippen LogP contribution < -0.4 is 5.32 Å². The van der Waals surface area contributed by atoms with Gasteiger partial charge < -0.3 is 9.73 Å². The number of tetrazole rings is 1. The third kappa shape index (κ3) is 2.88. The third-order valence-corrected chi connectivity index (χ3v) is 3.28. The first-order valence-corrected chi connectivity index (χ1v) is 6.84. The van der Waals surface area contributed by atoms with Crippen LogP contribution in [0.25, 0.3) is 5.69 Å². The predicted octanol–water partition coefficient (Wildman–Crippen LogP) is 2.05. The number of carbonyl (C=O) groups excluding carboxylic acids is 1. The van der Waals surface area contributed by atoms with E-state index in [0.29, 0.717) is 5.56 Å². The lowest BCUT2D eigenvalue weighted by Gasteiger charge is -2.11. The Bertz CT molecular complexity index is 762. The van der Waals surface area contributed by atoms with E-state index in [1.165, 1.54) is 11.0 Å². The number of aromatic nitrogens is 4. The molecule has 0 saturated heterocycles. The minimum Gasteiger partial charge on any atom is -0.464 e. The van der Waals surface area contributed by atoms with E-state index in [1.807, 2.05) is 26.0 Å². The number of carbonyl (C=O) groups is 1. The molecule has 0 aliphatic heterocycles. The number of amides is 1. The minimum absolute atomic E-state index is 0.162. The second kappa shape index (κ2) is 5.80. The maximum Gasteiger partial charge on any atom is 0.251 e. The summed E-state index contributed by atoms with van der Waals surface area (Å²) in [6.45, 7) is 3.75. The SMILES string of the molecule is Cc1ccc([C@H](C)NC(=O)c2ccc(-n3cnnn3)cc2)o1. The molecule has 1 aromatic carbocycles. The van der Waals surface area contributed by atoms with E-state index in [-0.39, 0.29) is 11.9 Å². The van der Waals surface area contributed by atoms with Gasteiger partial charge in [-0.3, -0.25) is 4.79 Å². The zero-order valence-electron chi connectivity index (χ0n) is 12.2. The van der Waals surface area contributed by atoms with E-state index in [0.717, 1.165) is 17.2 Å². The van der Waals surface area contributed by atoms with Crippen molar-refractivity contribution in [1.82, 2.24) is 25.5 Å². The van der Waals surface area contributed by atoms with E-state index >= 15 is 0 Å². The van der Waals surface area contributed by atoms with Crippen LogP contribution in [0.15, 0.2) is 47.1 Å². The van der Waals surface area contributed by atoms with Gasteiger partial charge in [-0.25, -0.2) is 4.68 Å². The van der Waals surface area contributed by atoms with Crippen molar-refractivity contribution >= 4 is 5.91 Å². The van der Waals surface area contributed by atoms with Gasteiger partial charge in [0.05, 0.1) is 11.7 Å². The highest BCUT2D eigenvalue weighted by atomic mass is 16.3. The number of benzene rings is 1. The largest absolute Gasteiger partial charge is 0.464 e. The lowest BCUT2D eigenvalue weighted by atomic mass is 10.1. The van der Waals surface area contributed by atoms with Gasteiger partial charge in [-0.1, -0.05) is 0 Å². The van der Waals surface area contributed by atoms with E-state index in [1.54, 1.807) is 24.3 Å². The molecule has 0 bridgehead atoms. The fourth-order valence-corrected chi connectivity index (χ4v) is 2.08. The molecule has 1 amide bonds. The van der Waals surface area contributed by atoms with Crippen LogP contribution in [0.1, 0.15) is 34.8 Å². The van der Waals surface area contributed by atoms with Gasteiger partial charge in [0.15, 0.2) is 0 Å². The first-order valence-electron chi connectivity index (χ1n) is 6.84. The Kier molecular flexibility index (Phi) is 3.69. The van der Waals surface area contributed by atoms with Crippen molar-refractivity contribution in [3.63, 3.8) is 0 Å². The molecule has 1 atom stereocenters. The summed E-state index contributed by atoms with van der Waals surface area (Å²) < 4.78 is 7.03. The second-order valence-corrected chi connectivity index (χ2v) is 4.94. The lowest BCUT2D eigenvalue weighted by Crippen LogP contribution is -2.26. The normalized spacial score (nSPS) is 12.1. The van der Waals surface area contributed by atoms with Crippen molar-refractivity contribution in [3.8, 4) is 5.69 Å². The van der Waals surface area contributed by atoms with Crippen LogP contribution in [0, 0.1) is 6.92 Å². The summed E-state index contributed by atoms with van der Waals surface area (Å²) in [6, 6.07) is 10.6. The van der Waals surface area contributed by atoms with Crippen molar-refractivity contribution in [3.05, 3.63) is 59.8 Å². The highest BCUT2D eigenvalue weighted by Crippen LogP contribution is 2.16. The first-order chi connectivity index (χ1) is 10.6. The van der Waals surface area contributed by atoms with Crippen molar-refractivity contribution in [1.29, 1.82) is 0 Å². The highest BCUT2D eigenvalue weighted by Gasteiger charge is 2.14. The topological polar surface area (TPSA) is 85.8 Å². The minimum atomic E-state index is -0.194. The summed E-state index contributed by atoms with van der Waals surface area (Å²) >= 11 is 0. The number of rotatable bonds is 4. The van der Waals surface area contributed by atoms with Crippen LogP contribution in [0.2, 0.25) is 0 Å². The standard InChI is InChI=1S/C15H15N5O2/c1-10-3-8-14(22-10)11(2)17-15(21)12-4-6-13(7-5-12)20-9-16-18-19-20/h3-9,11H,1-2H3,(H,17,21)/t11-/m0/s1. The summed E-state index contributed by atoms with van der Waals surface area (Å²) in [5.74, 6) is 1.39. The maximum atomic E-state index is 12.2. The Morgan fingerprint density at radius 3 is 2.59 bits per heavy atom. The van der Waals surface area contributed by atoms with Gasteiger partial charge >= 0.3 is 0 Å². The number of hydrogen-bond acceptors (Lipinski definition) is 5. The van der Waals surface area contributed by atoms with E-state index in [2.05, 4.69) is 20.8 Å². The summed E-state index contributed by atoms with van der Waals surface area (Å²) in [5, 5.41) is 13.8. The fourth-order valence-electron chi connectivity index (χ4n) is 2.08. The Morgan fingerprint density at radius 2 is 2.00 bits per heavy atom. The zero-order valence-corrected chi connectivity index (χ0v) is 12.2. The van der Waals surface area contributed by atoms with Crippen LogP contribution in [0.4, 0.5) is 0 Å². The summed E-state index contributed by atoms with van der Waals surface area (Å²) in [6.07, 6.45) is 1.50. The Labute approximate surface area is 126 Å². The molecular formula is C15H15N5O2. The molecule has 112 valence electrons. The van der Waals surface area contributed by atoms with Crippen LogP contribution in [-0.4, -0.2) is 26.1 Å². The summed E-state index contributed by atoms with van der Waals surface area (Å²) in [5.41, 5.74) is 1.35. The molecule has 0 unspecified atom stereocenters. The molecule has 0 fully saturated rings. The lowest BCUT2D eigenvalue weighted by molar-refractivity contribution is 0.0935. The molecule has 0 aliphatic rings. The molecule has 7 nitrogen and oxygen atoms in total. The quantitative estimate of drug-likeness (QED) is 0.796. The van der Waals surface area contributed by atoms with E-state index in [4.69, 9.17) is 4.42 Å². The van der Waals surface area contributed by atoms with E-state index in [9.17, 15) is 4.79 Å². The van der Waals surface area contributed by atoms with Crippen molar-refractivity contribution in [2.45, 2.75) is 19.9 Å². The molecule has 7 heteroatoms. The molecule has 2 heterocycles. The maximum absolute atomic E-state index is 12.2. The van der Waals surface area contributed by atoms with Gasteiger partial charge in [0.1, 0.15) is 17.8 Å². The molecule has 0 aliphatic carbocycles. The average Bonchev–Trinajstić information content (AvgIpc) is 3.18. The molecule has 3 rings (SSSR count). The first kappa shape index (κ1) is 14.0. The summed E-state index contributed by atoms with van der Waals surface area (Å²) in [7, 11) is 0. The second-order valence-electron chi connectivity index (χ2n) is 4.94. The average molecular weight is 297 g/mol. The van der Waals surface area contributed by atoms with Gasteiger partial charge in [0.25, 0.3) is 5.91 Å². The molecule has 1 N–H and O–H groups in total. The van der Waals surface area contributed by atoms with Crippen LogP contribution in [0.3, 0.4) is 0 Å². The van der Waals surface area contributed by atoms with Gasteiger partial charge in [-0.15, -0.1) is 5.10 Å². The smallest absolute Gasteiger partial charge is 0.251 e.